The minimum Gasteiger partial charge on any atom is -0.493 e. The lowest BCUT2D eigenvalue weighted by atomic mass is 10.1. The maximum atomic E-state index is 13.2. The van der Waals surface area contributed by atoms with E-state index in [2.05, 4.69) is 11.9 Å². The van der Waals surface area contributed by atoms with Crippen molar-refractivity contribution in [2.45, 2.75) is 19.9 Å². The predicted octanol–water partition coefficient (Wildman–Crippen LogP) is 2.79. The number of nitrogens with zero attached hydrogens (tertiary/aromatic N) is 4. The summed E-state index contributed by atoms with van der Waals surface area (Å²) in [5.41, 5.74) is 2.13. The number of para-hydroxylation sites is 2. The van der Waals surface area contributed by atoms with E-state index in [9.17, 15) is 9.59 Å². The van der Waals surface area contributed by atoms with E-state index in [1.54, 1.807) is 41.9 Å². The van der Waals surface area contributed by atoms with Crippen LogP contribution in [0.15, 0.2) is 47.3 Å². The number of hydrogen-bond acceptors (Lipinski definition) is 6. The van der Waals surface area contributed by atoms with E-state index in [0.717, 1.165) is 17.5 Å². The molecule has 0 radical (unpaired) electrons. The van der Waals surface area contributed by atoms with Gasteiger partial charge in [0, 0.05) is 38.3 Å². The Labute approximate surface area is 187 Å². The number of aryl methyl sites for hydroxylation is 1. The van der Waals surface area contributed by atoms with Crippen molar-refractivity contribution >= 4 is 22.8 Å². The summed E-state index contributed by atoms with van der Waals surface area (Å²) in [7, 11) is 3.11. The van der Waals surface area contributed by atoms with Gasteiger partial charge in [0.05, 0.1) is 25.3 Å². The molecule has 1 aromatic heterocycles. The molecule has 8 nitrogen and oxygen atoms in total. The first kappa shape index (κ1) is 21.7. The highest BCUT2D eigenvalue weighted by atomic mass is 16.5. The Balaban J connectivity index is 1.54. The van der Waals surface area contributed by atoms with E-state index >= 15 is 0 Å². The first-order valence-electron chi connectivity index (χ1n) is 10.8. The summed E-state index contributed by atoms with van der Waals surface area (Å²) < 4.78 is 12.4. The van der Waals surface area contributed by atoms with Gasteiger partial charge in [0.1, 0.15) is 0 Å². The van der Waals surface area contributed by atoms with Gasteiger partial charge in [-0.1, -0.05) is 19.1 Å². The lowest BCUT2D eigenvalue weighted by Gasteiger charge is -2.35. The number of anilines is 1. The van der Waals surface area contributed by atoms with Gasteiger partial charge in [0.15, 0.2) is 17.3 Å². The maximum absolute atomic E-state index is 13.2. The molecule has 1 aliphatic rings. The summed E-state index contributed by atoms with van der Waals surface area (Å²) in [5.74, 6) is 1.49. The van der Waals surface area contributed by atoms with Crippen LogP contribution in [0.2, 0.25) is 0 Å². The molecule has 1 fully saturated rings. The lowest BCUT2D eigenvalue weighted by molar-refractivity contribution is 0.0746. The Morgan fingerprint density at radius 2 is 1.72 bits per heavy atom. The SMILES string of the molecule is CCCn1c(=O)c(N2CCN(C(=O)c3ccc(OC)c(OC)c3)CC2)nc2ccccc21. The topological polar surface area (TPSA) is 76.9 Å². The summed E-state index contributed by atoms with van der Waals surface area (Å²) in [5, 5.41) is 0. The van der Waals surface area contributed by atoms with Crippen LogP contribution in [0.25, 0.3) is 11.0 Å². The number of aromatic nitrogens is 2. The Morgan fingerprint density at radius 3 is 2.41 bits per heavy atom. The number of piperazine rings is 1. The summed E-state index contributed by atoms with van der Waals surface area (Å²) >= 11 is 0. The number of benzene rings is 2. The molecule has 2 aromatic carbocycles. The van der Waals surface area contributed by atoms with Gasteiger partial charge in [-0.15, -0.1) is 0 Å². The van der Waals surface area contributed by atoms with Crippen LogP contribution >= 0.6 is 0 Å². The van der Waals surface area contributed by atoms with Crippen molar-refractivity contribution in [3.8, 4) is 11.5 Å². The van der Waals surface area contributed by atoms with Crippen LogP contribution in [0, 0.1) is 0 Å². The molecule has 0 spiro atoms. The van der Waals surface area contributed by atoms with Crippen molar-refractivity contribution in [1.29, 1.82) is 0 Å². The molecule has 8 heteroatoms. The number of amides is 1. The van der Waals surface area contributed by atoms with Crippen molar-refractivity contribution < 1.29 is 14.3 Å². The fraction of sp³-hybridized carbons (Fsp3) is 0.375. The normalized spacial score (nSPS) is 14.0. The molecule has 32 heavy (non-hydrogen) atoms. The molecule has 4 rings (SSSR count). The van der Waals surface area contributed by atoms with Gasteiger partial charge in [-0.3, -0.25) is 9.59 Å². The average Bonchev–Trinajstić information content (AvgIpc) is 2.84. The van der Waals surface area contributed by atoms with Crippen LogP contribution in [-0.2, 0) is 6.54 Å². The van der Waals surface area contributed by atoms with Gasteiger partial charge < -0.3 is 23.8 Å². The second-order valence-corrected chi connectivity index (χ2v) is 7.73. The van der Waals surface area contributed by atoms with Crippen LogP contribution in [-0.4, -0.2) is 60.8 Å². The quantitative estimate of drug-likeness (QED) is 0.591. The monoisotopic (exact) mass is 436 g/mol. The molecule has 168 valence electrons. The summed E-state index contributed by atoms with van der Waals surface area (Å²) in [4.78, 5) is 34.7. The Morgan fingerprint density at radius 1 is 1.00 bits per heavy atom. The van der Waals surface area contributed by atoms with Crippen molar-refractivity contribution in [3.63, 3.8) is 0 Å². The lowest BCUT2D eigenvalue weighted by Crippen LogP contribution is -2.50. The smallest absolute Gasteiger partial charge is 0.294 e. The van der Waals surface area contributed by atoms with Gasteiger partial charge in [-0.05, 0) is 36.8 Å². The fourth-order valence-corrected chi connectivity index (χ4v) is 4.10. The molecule has 0 aliphatic carbocycles. The van der Waals surface area contributed by atoms with Crippen molar-refractivity contribution in [2.75, 3.05) is 45.3 Å². The van der Waals surface area contributed by atoms with E-state index in [1.165, 1.54) is 0 Å². The van der Waals surface area contributed by atoms with E-state index in [4.69, 9.17) is 9.47 Å². The number of carbonyl (C=O) groups excluding carboxylic acids is 1. The third kappa shape index (κ3) is 4.00. The third-order valence-electron chi connectivity index (χ3n) is 5.78. The largest absolute Gasteiger partial charge is 0.493 e. The van der Waals surface area contributed by atoms with E-state index in [0.29, 0.717) is 55.6 Å². The third-order valence-corrected chi connectivity index (χ3v) is 5.78. The molecular formula is C24H28N4O4. The number of carbonyl (C=O) groups is 1. The molecule has 3 aromatic rings. The van der Waals surface area contributed by atoms with Gasteiger partial charge >= 0.3 is 0 Å². The summed E-state index contributed by atoms with van der Waals surface area (Å²) in [6.45, 7) is 4.81. The zero-order valence-electron chi connectivity index (χ0n) is 18.7. The van der Waals surface area contributed by atoms with E-state index in [-0.39, 0.29) is 11.5 Å². The predicted molar refractivity (Wildman–Crippen MR) is 124 cm³/mol. The van der Waals surface area contributed by atoms with Gasteiger partial charge in [-0.25, -0.2) is 4.98 Å². The molecule has 1 saturated heterocycles. The molecule has 1 aliphatic heterocycles. The average molecular weight is 437 g/mol. The zero-order chi connectivity index (χ0) is 22.7. The fourth-order valence-electron chi connectivity index (χ4n) is 4.10. The van der Waals surface area contributed by atoms with Crippen LogP contribution in [0.5, 0.6) is 11.5 Å². The zero-order valence-corrected chi connectivity index (χ0v) is 18.7. The molecular weight excluding hydrogens is 408 g/mol. The standard InChI is InChI=1S/C24H28N4O4/c1-4-11-28-19-8-6-5-7-18(19)25-22(24(28)30)26-12-14-27(15-13-26)23(29)17-9-10-20(31-2)21(16-17)32-3/h5-10,16H,4,11-15H2,1-3H3. The first-order valence-corrected chi connectivity index (χ1v) is 10.8. The molecule has 2 heterocycles. The molecule has 0 bridgehead atoms. The van der Waals surface area contributed by atoms with E-state index in [1.807, 2.05) is 29.2 Å². The van der Waals surface area contributed by atoms with Gasteiger partial charge in [0.2, 0.25) is 0 Å². The molecule has 1 amide bonds. The van der Waals surface area contributed by atoms with Gasteiger partial charge in [-0.2, -0.15) is 0 Å². The Hall–Kier alpha value is -3.55. The molecule has 0 N–H and O–H groups in total. The number of hydrogen-bond donors (Lipinski definition) is 0. The van der Waals surface area contributed by atoms with Crippen LogP contribution in [0.3, 0.4) is 0 Å². The number of methoxy groups -OCH3 is 2. The molecule has 0 atom stereocenters. The highest BCUT2D eigenvalue weighted by molar-refractivity contribution is 5.95. The number of fused-ring (bicyclic) bond motifs is 1. The maximum Gasteiger partial charge on any atom is 0.294 e. The summed E-state index contributed by atoms with van der Waals surface area (Å²) in [6, 6.07) is 12.9. The highest BCUT2D eigenvalue weighted by Gasteiger charge is 2.26. The minimum atomic E-state index is -0.0785. The van der Waals surface area contributed by atoms with E-state index < -0.39 is 0 Å². The first-order chi connectivity index (χ1) is 15.6. The molecule has 0 unspecified atom stereocenters. The summed E-state index contributed by atoms with van der Waals surface area (Å²) in [6.07, 6.45) is 0.862. The number of ether oxygens (including phenoxy) is 2. The Bertz CT molecular complexity index is 1180. The minimum absolute atomic E-state index is 0.0690. The van der Waals surface area contributed by atoms with Crippen molar-refractivity contribution in [2.24, 2.45) is 0 Å². The second kappa shape index (κ2) is 9.30. The van der Waals surface area contributed by atoms with Crippen LogP contribution < -0.4 is 19.9 Å². The highest BCUT2D eigenvalue weighted by Crippen LogP contribution is 2.28. The van der Waals surface area contributed by atoms with Crippen molar-refractivity contribution in [1.82, 2.24) is 14.5 Å². The number of rotatable bonds is 6. The second-order valence-electron chi connectivity index (χ2n) is 7.73. The van der Waals surface area contributed by atoms with Crippen LogP contribution in [0.1, 0.15) is 23.7 Å². The van der Waals surface area contributed by atoms with Crippen LogP contribution in [0.4, 0.5) is 5.82 Å². The van der Waals surface area contributed by atoms with Crippen molar-refractivity contribution in [3.05, 3.63) is 58.4 Å². The van der Waals surface area contributed by atoms with Gasteiger partial charge in [0.25, 0.3) is 11.5 Å². The Kier molecular flexibility index (Phi) is 6.30. The molecule has 0 saturated carbocycles.